The Morgan fingerprint density at radius 3 is 2.52 bits per heavy atom. The van der Waals surface area contributed by atoms with E-state index < -0.39 is 44.3 Å². The molecular formula is C14H16AlF3N2O4S. The van der Waals surface area contributed by atoms with Crippen molar-refractivity contribution in [3.05, 3.63) is 18.3 Å². The highest BCUT2D eigenvalue weighted by atomic mass is 32.2. The average molecular weight is 392 g/mol. The second kappa shape index (κ2) is 6.54. The van der Waals surface area contributed by atoms with Crippen LogP contribution in [-0.2, 0) is 19.4 Å². The van der Waals surface area contributed by atoms with Gasteiger partial charge in [0.2, 0.25) is 0 Å². The molecule has 1 N–H and O–H groups in total. The molecule has 0 aliphatic carbocycles. The molecule has 1 aliphatic heterocycles. The second-order valence-electron chi connectivity index (χ2n) is 6.15. The summed E-state index contributed by atoms with van der Waals surface area (Å²) in [7, 11) is -3.58. The number of aromatic nitrogens is 1. The average Bonchev–Trinajstić information content (AvgIpc) is 2.72. The van der Waals surface area contributed by atoms with Crippen molar-refractivity contribution in [1.29, 1.82) is 0 Å². The molecule has 1 fully saturated rings. The van der Waals surface area contributed by atoms with E-state index in [1.54, 1.807) is 0 Å². The number of carbonyl (C=O) groups is 1. The van der Waals surface area contributed by atoms with Crippen LogP contribution in [0.3, 0.4) is 0 Å². The van der Waals surface area contributed by atoms with Gasteiger partial charge in [0.1, 0.15) is 22.4 Å². The molecule has 136 valence electrons. The first-order chi connectivity index (χ1) is 11.3. The molecule has 6 nitrogen and oxygen atoms in total. The zero-order valence-electron chi connectivity index (χ0n) is 13.7. The molecule has 0 spiro atoms. The van der Waals surface area contributed by atoms with Crippen molar-refractivity contribution in [3.8, 4) is 0 Å². The number of nitrogens with zero attached hydrogens (tertiary/aromatic N) is 1. The number of alkyl halides is 3. The van der Waals surface area contributed by atoms with Crippen molar-refractivity contribution in [2.45, 2.75) is 41.5 Å². The Balaban J connectivity index is 2.22. The minimum Gasteiger partial charge on any atom is -0.354 e. The van der Waals surface area contributed by atoms with Crippen LogP contribution < -0.4 is 5.32 Å². The maximum atomic E-state index is 13.3. The number of amides is 1. The van der Waals surface area contributed by atoms with Crippen LogP contribution in [0.2, 0.25) is 4.78 Å². The molecule has 1 saturated heterocycles. The fourth-order valence-electron chi connectivity index (χ4n) is 2.54. The summed E-state index contributed by atoms with van der Waals surface area (Å²) in [6.45, 7) is 2.28. The summed E-state index contributed by atoms with van der Waals surface area (Å²) in [6.07, 6.45) is -3.84. The topological polar surface area (TPSA) is 85.4 Å². The number of anilines is 1. The molecule has 2 radical (unpaired) electrons. The lowest BCUT2D eigenvalue weighted by Crippen LogP contribution is -2.47. The van der Waals surface area contributed by atoms with Crippen LogP contribution in [0.4, 0.5) is 18.9 Å². The van der Waals surface area contributed by atoms with Gasteiger partial charge in [-0.2, -0.15) is 13.2 Å². The summed E-state index contributed by atoms with van der Waals surface area (Å²) in [5.41, 5.74) is -2.34. The van der Waals surface area contributed by atoms with Crippen LogP contribution in [0.25, 0.3) is 0 Å². The predicted molar refractivity (Wildman–Crippen MR) is 84.0 cm³/mol. The van der Waals surface area contributed by atoms with Crippen LogP contribution in [0.5, 0.6) is 0 Å². The van der Waals surface area contributed by atoms with Crippen molar-refractivity contribution in [2.24, 2.45) is 5.92 Å². The van der Waals surface area contributed by atoms with E-state index in [1.165, 1.54) is 19.2 Å². The van der Waals surface area contributed by atoms with Crippen molar-refractivity contribution < 1.29 is 31.1 Å². The van der Waals surface area contributed by atoms with E-state index >= 15 is 0 Å². The molecular weight excluding hydrogens is 376 g/mol. The SMILES string of the molecule is C[C@H]1[C@@H]([Al])C(C(=O)Nc2ccnc(S(C)(=O)=O)c2)O[C@@]1(C)C(F)(F)F. The van der Waals surface area contributed by atoms with Crippen molar-refractivity contribution in [3.63, 3.8) is 0 Å². The zero-order valence-corrected chi connectivity index (χ0v) is 15.6. The Bertz CT molecular complexity index is 787. The van der Waals surface area contributed by atoms with Gasteiger partial charge >= 0.3 is 6.18 Å². The smallest absolute Gasteiger partial charge is 0.354 e. The monoisotopic (exact) mass is 392 g/mol. The van der Waals surface area contributed by atoms with Gasteiger partial charge in [0.05, 0.1) is 0 Å². The fraction of sp³-hybridized carbons (Fsp3) is 0.571. The molecule has 1 unspecified atom stereocenters. The first kappa shape index (κ1) is 20.2. The molecule has 2 heterocycles. The number of halogens is 3. The van der Waals surface area contributed by atoms with Gasteiger partial charge in [-0.05, 0) is 25.0 Å². The molecule has 4 atom stereocenters. The highest BCUT2D eigenvalue weighted by Gasteiger charge is 2.63. The second-order valence-corrected chi connectivity index (χ2v) is 8.89. The largest absolute Gasteiger partial charge is 0.417 e. The number of ether oxygens (including phenoxy) is 1. The molecule has 0 saturated carbocycles. The third-order valence-electron chi connectivity index (χ3n) is 4.37. The fourth-order valence-corrected chi connectivity index (χ4v) is 3.75. The van der Waals surface area contributed by atoms with E-state index in [0.717, 1.165) is 19.2 Å². The number of hydrogen-bond donors (Lipinski definition) is 1. The van der Waals surface area contributed by atoms with Gasteiger partial charge in [0.25, 0.3) is 5.91 Å². The predicted octanol–water partition coefficient (Wildman–Crippen LogP) is 1.74. The third-order valence-corrected chi connectivity index (χ3v) is 6.28. The number of sulfone groups is 1. The van der Waals surface area contributed by atoms with Gasteiger partial charge in [-0.3, -0.25) is 4.79 Å². The molecule has 25 heavy (non-hydrogen) atoms. The van der Waals surface area contributed by atoms with E-state index in [9.17, 15) is 26.4 Å². The Morgan fingerprint density at radius 2 is 2.04 bits per heavy atom. The normalized spacial score (nSPS) is 30.2. The summed E-state index contributed by atoms with van der Waals surface area (Å²) >= 11 is 2.22. The summed E-state index contributed by atoms with van der Waals surface area (Å²) in [4.78, 5) is 16.0. The van der Waals surface area contributed by atoms with Gasteiger partial charge < -0.3 is 10.1 Å². The molecule has 1 amide bonds. The molecule has 1 aliphatic rings. The van der Waals surface area contributed by atoms with Gasteiger partial charge in [-0.1, -0.05) is 11.7 Å². The van der Waals surface area contributed by atoms with E-state index in [1.807, 2.05) is 0 Å². The summed E-state index contributed by atoms with van der Waals surface area (Å²) in [5.74, 6) is -1.75. The van der Waals surface area contributed by atoms with Gasteiger partial charge in [-0.25, -0.2) is 13.4 Å². The first-order valence-corrected chi connectivity index (χ1v) is 9.80. The number of hydrogen-bond acceptors (Lipinski definition) is 5. The highest BCUT2D eigenvalue weighted by molar-refractivity contribution is 7.90. The molecule has 11 heteroatoms. The van der Waals surface area contributed by atoms with Crippen LogP contribution in [0.15, 0.2) is 23.4 Å². The van der Waals surface area contributed by atoms with Gasteiger partial charge in [0.15, 0.2) is 20.5 Å². The lowest BCUT2D eigenvalue weighted by molar-refractivity contribution is -0.272. The van der Waals surface area contributed by atoms with Crippen LogP contribution in [0, 0.1) is 5.92 Å². The van der Waals surface area contributed by atoms with Crippen LogP contribution in [-0.4, -0.2) is 59.7 Å². The van der Waals surface area contributed by atoms with Crippen LogP contribution >= 0.6 is 0 Å². The van der Waals surface area contributed by atoms with E-state index in [0.29, 0.717) is 0 Å². The lowest BCUT2D eigenvalue weighted by Gasteiger charge is -2.31. The van der Waals surface area contributed by atoms with E-state index in [-0.39, 0.29) is 10.7 Å². The Labute approximate surface area is 151 Å². The van der Waals surface area contributed by atoms with Crippen molar-refractivity contribution in [2.75, 3.05) is 11.6 Å². The number of carbonyl (C=O) groups excluding carboxylic acids is 1. The third kappa shape index (κ3) is 3.84. The van der Waals surface area contributed by atoms with Crippen molar-refractivity contribution >= 4 is 37.7 Å². The molecule has 2 rings (SSSR count). The minimum absolute atomic E-state index is 0.106. The Morgan fingerprint density at radius 1 is 1.44 bits per heavy atom. The summed E-state index contributed by atoms with van der Waals surface area (Å²) in [6, 6.07) is 2.47. The van der Waals surface area contributed by atoms with Crippen molar-refractivity contribution in [1.82, 2.24) is 4.98 Å². The molecule has 1 aromatic heterocycles. The Hall–Kier alpha value is -1.15. The standard InChI is InChI=1S/C14H16F3N2O4S.Al/c1-8-6-10(23-13(8,2)14(15,16)17)12(20)19-9-4-5-18-11(7-9)24(3,21)22;/h4-8,10H,1-3H3,(H,18,19,20);/t8-,10?,13+;/m0./s1. The number of pyridine rings is 1. The van der Waals surface area contributed by atoms with Crippen LogP contribution in [0.1, 0.15) is 13.8 Å². The molecule has 1 aromatic rings. The maximum absolute atomic E-state index is 13.3. The highest BCUT2D eigenvalue weighted by Crippen LogP contribution is 2.51. The minimum atomic E-state index is -4.63. The van der Waals surface area contributed by atoms with E-state index in [2.05, 4.69) is 26.6 Å². The first-order valence-electron chi connectivity index (χ1n) is 7.24. The Kier molecular flexibility index (Phi) is 5.27. The quantitative estimate of drug-likeness (QED) is 0.792. The maximum Gasteiger partial charge on any atom is 0.417 e. The van der Waals surface area contributed by atoms with Gasteiger partial charge in [-0.15, -0.1) is 0 Å². The molecule has 0 bridgehead atoms. The van der Waals surface area contributed by atoms with Gasteiger partial charge in [0, 0.05) is 18.1 Å². The summed E-state index contributed by atoms with van der Waals surface area (Å²) < 4.78 is 67.1. The number of rotatable bonds is 3. The lowest BCUT2D eigenvalue weighted by atomic mass is 9.88. The summed E-state index contributed by atoms with van der Waals surface area (Å²) in [5, 5.41) is 2.13. The van der Waals surface area contributed by atoms with E-state index in [4.69, 9.17) is 4.74 Å². The zero-order chi connectivity index (χ0) is 19.2. The molecule has 0 aromatic carbocycles. The number of nitrogens with one attached hydrogen (secondary N) is 1.